The van der Waals surface area contributed by atoms with Crippen molar-refractivity contribution in [2.45, 2.75) is 57.5 Å². The lowest BCUT2D eigenvalue weighted by atomic mass is 9.76. The van der Waals surface area contributed by atoms with Crippen molar-refractivity contribution in [1.29, 1.82) is 0 Å². The highest BCUT2D eigenvalue weighted by Crippen LogP contribution is 2.50. The number of carboxylic acids is 1. The van der Waals surface area contributed by atoms with Gasteiger partial charge in [-0.05, 0) is 24.8 Å². The van der Waals surface area contributed by atoms with E-state index in [4.69, 9.17) is 0 Å². The number of benzene rings is 1. The van der Waals surface area contributed by atoms with Crippen molar-refractivity contribution >= 4 is 29.4 Å². The SMILES string of the molecule is CCCCN1C(=O)[C@@H]2[C@H](CCC(=O)[O-])[NH2+][C@@]3(C(=O)Nc4c(CC)cccc43)[C@@H]2C1=O. The maximum absolute atomic E-state index is 13.4. The van der Waals surface area contributed by atoms with Gasteiger partial charge in [-0.2, -0.15) is 0 Å². The first-order chi connectivity index (χ1) is 14.4. The van der Waals surface area contributed by atoms with Crippen LogP contribution in [0.4, 0.5) is 5.69 Å². The topological polar surface area (TPSA) is 123 Å². The number of aliphatic carboxylic acids is 1. The summed E-state index contributed by atoms with van der Waals surface area (Å²) in [5, 5.41) is 15.8. The fourth-order valence-corrected chi connectivity index (χ4v) is 5.49. The van der Waals surface area contributed by atoms with Gasteiger partial charge in [-0.1, -0.05) is 38.5 Å². The lowest BCUT2D eigenvalue weighted by molar-refractivity contribution is -0.734. The number of rotatable bonds is 7. The predicted molar refractivity (Wildman–Crippen MR) is 105 cm³/mol. The van der Waals surface area contributed by atoms with Gasteiger partial charge < -0.3 is 20.5 Å². The summed E-state index contributed by atoms with van der Waals surface area (Å²) in [6.45, 7) is 4.30. The molecule has 0 bridgehead atoms. The molecule has 3 aliphatic rings. The zero-order chi connectivity index (χ0) is 21.6. The maximum Gasteiger partial charge on any atom is 0.291 e. The molecule has 4 rings (SSSR count). The second kappa shape index (κ2) is 7.50. The van der Waals surface area contributed by atoms with Crippen LogP contribution in [0.5, 0.6) is 0 Å². The molecule has 2 saturated heterocycles. The number of carbonyl (C=O) groups excluding carboxylic acids is 4. The summed E-state index contributed by atoms with van der Waals surface area (Å²) in [5.41, 5.74) is 1.17. The smallest absolute Gasteiger partial charge is 0.291 e. The number of carbonyl (C=O) groups is 4. The van der Waals surface area contributed by atoms with Gasteiger partial charge in [0.2, 0.25) is 17.4 Å². The van der Waals surface area contributed by atoms with Crippen LogP contribution < -0.4 is 15.7 Å². The molecule has 0 saturated carbocycles. The first-order valence-electron chi connectivity index (χ1n) is 10.7. The van der Waals surface area contributed by atoms with Crippen molar-refractivity contribution in [3.8, 4) is 0 Å². The highest BCUT2D eigenvalue weighted by atomic mass is 16.4. The van der Waals surface area contributed by atoms with Crippen LogP contribution in [-0.2, 0) is 31.1 Å². The number of imide groups is 1. The number of hydrogen-bond acceptors (Lipinski definition) is 5. The summed E-state index contributed by atoms with van der Waals surface area (Å²) in [4.78, 5) is 52.4. The maximum atomic E-state index is 13.4. The summed E-state index contributed by atoms with van der Waals surface area (Å²) in [5.74, 6) is -3.66. The van der Waals surface area contributed by atoms with E-state index in [1.165, 1.54) is 4.90 Å². The van der Waals surface area contributed by atoms with Crippen molar-refractivity contribution in [3.63, 3.8) is 0 Å². The lowest BCUT2D eigenvalue weighted by Crippen LogP contribution is -2.99. The second-order valence-corrected chi connectivity index (χ2v) is 8.44. The van der Waals surface area contributed by atoms with E-state index in [1.54, 1.807) is 5.32 Å². The molecule has 2 fully saturated rings. The molecule has 8 nitrogen and oxygen atoms in total. The van der Waals surface area contributed by atoms with Crippen LogP contribution in [0.2, 0.25) is 0 Å². The van der Waals surface area contributed by atoms with E-state index in [1.807, 2.05) is 32.0 Å². The average Bonchev–Trinajstić information content (AvgIpc) is 3.30. The third-order valence-electron chi connectivity index (χ3n) is 6.88. The minimum absolute atomic E-state index is 0.169. The third-order valence-corrected chi connectivity index (χ3v) is 6.88. The Kier molecular flexibility index (Phi) is 5.13. The normalized spacial score (nSPS) is 29.5. The molecular formula is C22H27N3O5. The number of unbranched alkanes of at least 4 members (excludes halogenated alkanes) is 1. The summed E-state index contributed by atoms with van der Waals surface area (Å²) < 4.78 is 0. The van der Waals surface area contributed by atoms with Crippen molar-refractivity contribution in [2.24, 2.45) is 11.8 Å². The number of fused-ring (bicyclic) bond motifs is 4. The Labute approximate surface area is 175 Å². The number of nitrogens with zero attached hydrogens (tertiary/aromatic N) is 1. The van der Waals surface area contributed by atoms with Crippen LogP contribution in [-0.4, -0.2) is 41.2 Å². The zero-order valence-electron chi connectivity index (χ0n) is 17.3. The van der Waals surface area contributed by atoms with Gasteiger partial charge in [-0.3, -0.25) is 19.3 Å². The van der Waals surface area contributed by atoms with Crippen LogP contribution in [0.1, 0.15) is 50.7 Å². The number of nitrogens with two attached hydrogens (primary N) is 1. The van der Waals surface area contributed by atoms with Gasteiger partial charge in [0, 0.05) is 24.5 Å². The Morgan fingerprint density at radius 2 is 2.00 bits per heavy atom. The number of hydrogen-bond donors (Lipinski definition) is 2. The minimum Gasteiger partial charge on any atom is -0.550 e. The van der Waals surface area contributed by atoms with E-state index in [9.17, 15) is 24.3 Å². The molecule has 1 aromatic rings. The Morgan fingerprint density at radius 1 is 1.23 bits per heavy atom. The molecule has 1 aromatic carbocycles. The first-order valence-corrected chi connectivity index (χ1v) is 10.7. The predicted octanol–water partition coefficient (Wildman–Crippen LogP) is -0.727. The van der Waals surface area contributed by atoms with Crippen LogP contribution in [0.3, 0.4) is 0 Å². The highest BCUT2D eigenvalue weighted by Gasteiger charge is 2.74. The van der Waals surface area contributed by atoms with Crippen molar-refractivity contribution in [1.82, 2.24) is 4.90 Å². The van der Waals surface area contributed by atoms with E-state index < -0.39 is 29.4 Å². The number of nitrogens with one attached hydrogen (secondary N) is 1. The second-order valence-electron chi connectivity index (χ2n) is 8.44. The van der Waals surface area contributed by atoms with Crippen molar-refractivity contribution in [2.75, 3.05) is 11.9 Å². The van der Waals surface area contributed by atoms with E-state index in [0.29, 0.717) is 18.7 Å². The van der Waals surface area contributed by atoms with Gasteiger partial charge in [0.05, 0.1) is 5.69 Å². The van der Waals surface area contributed by atoms with Crippen LogP contribution in [0.25, 0.3) is 0 Å². The van der Waals surface area contributed by atoms with E-state index in [-0.39, 0.29) is 30.6 Å². The first kappa shape index (κ1) is 20.5. The van der Waals surface area contributed by atoms with Crippen LogP contribution in [0.15, 0.2) is 18.2 Å². The fourth-order valence-electron chi connectivity index (χ4n) is 5.49. The third kappa shape index (κ3) is 2.77. The summed E-state index contributed by atoms with van der Waals surface area (Å²) >= 11 is 0. The Bertz CT molecular complexity index is 929. The number of carboxylic acid groups (broad SMARTS) is 1. The van der Waals surface area contributed by atoms with Gasteiger partial charge in [0.25, 0.3) is 5.91 Å². The highest BCUT2D eigenvalue weighted by molar-refractivity contribution is 6.14. The average molecular weight is 413 g/mol. The summed E-state index contributed by atoms with van der Waals surface area (Å²) in [6, 6.07) is 5.17. The molecule has 4 atom stereocenters. The molecule has 0 unspecified atom stereocenters. The number of amides is 3. The van der Waals surface area contributed by atoms with E-state index in [2.05, 4.69) is 5.32 Å². The molecule has 3 heterocycles. The van der Waals surface area contributed by atoms with Crippen molar-refractivity contribution in [3.05, 3.63) is 29.3 Å². The monoisotopic (exact) mass is 413 g/mol. The molecule has 3 amide bonds. The Hall–Kier alpha value is -2.74. The number of likely N-dealkylation sites (tertiary alicyclic amines) is 1. The van der Waals surface area contributed by atoms with Gasteiger partial charge in [-0.15, -0.1) is 0 Å². The van der Waals surface area contributed by atoms with E-state index >= 15 is 0 Å². The number of quaternary nitrogens is 1. The minimum atomic E-state index is -1.24. The number of para-hydroxylation sites is 1. The largest absolute Gasteiger partial charge is 0.550 e. The standard InChI is InChI=1S/C22H27N3O5/c1-3-5-11-25-19(28)16-14(9-10-15(26)27)24-22(17(16)20(25)29)13-8-6-7-12(4-2)18(13)23-21(22)30/h6-8,14,16-17,24H,3-5,9-11H2,1-2H3,(H,23,30)(H,26,27)/t14-,16+,17-,22+/m0/s1. The number of aryl methyl sites for hydroxylation is 1. The molecule has 3 aliphatic heterocycles. The quantitative estimate of drug-likeness (QED) is 0.571. The molecule has 30 heavy (non-hydrogen) atoms. The molecular weight excluding hydrogens is 386 g/mol. The Morgan fingerprint density at radius 3 is 2.67 bits per heavy atom. The molecule has 0 aromatic heterocycles. The van der Waals surface area contributed by atoms with Crippen LogP contribution in [0, 0.1) is 11.8 Å². The van der Waals surface area contributed by atoms with Gasteiger partial charge in [0.1, 0.15) is 17.9 Å². The summed E-state index contributed by atoms with van der Waals surface area (Å²) in [6.07, 6.45) is 2.20. The molecule has 8 heteroatoms. The number of anilines is 1. The summed E-state index contributed by atoms with van der Waals surface area (Å²) in [7, 11) is 0. The van der Waals surface area contributed by atoms with Crippen LogP contribution >= 0.6 is 0 Å². The molecule has 3 N–H and O–H groups in total. The van der Waals surface area contributed by atoms with Gasteiger partial charge in [-0.25, -0.2) is 0 Å². The zero-order valence-corrected chi connectivity index (χ0v) is 17.3. The van der Waals surface area contributed by atoms with Gasteiger partial charge in [0.15, 0.2) is 0 Å². The fraction of sp³-hybridized carbons (Fsp3) is 0.545. The van der Waals surface area contributed by atoms with E-state index in [0.717, 1.165) is 24.0 Å². The van der Waals surface area contributed by atoms with Crippen molar-refractivity contribution < 1.29 is 29.6 Å². The van der Waals surface area contributed by atoms with Gasteiger partial charge >= 0.3 is 0 Å². The molecule has 160 valence electrons. The lowest BCUT2D eigenvalue weighted by Gasteiger charge is -2.26. The molecule has 1 spiro atoms. The molecule has 0 radical (unpaired) electrons. The molecule has 0 aliphatic carbocycles. The Balaban J connectivity index is 1.82.